The summed E-state index contributed by atoms with van der Waals surface area (Å²) in [7, 11) is 1.69. The van der Waals surface area contributed by atoms with Gasteiger partial charge in [0, 0.05) is 19.6 Å². The lowest BCUT2D eigenvalue weighted by atomic mass is 10.2. The first-order valence-electron chi connectivity index (χ1n) is 6.98. The first kappa shape index (κ1) is 15.4. The molecule has 0 spiro atoms. The van der Waals surface area contributed by atoms with E-state index in [1.54, 1.807) is 18.4 Å². The molecule has 1 N–H and O–H groups in total. The summed E-state index contributed by atoms with van der Waals surface area (Å²) in [5.41, 5.74) is 1.09. The predicted octanol–water partition coefficient (Wildman–Crippen LogP) is 2.48. The van der Waals surface area contributed by atoms with Gasteiger partial charge in [-0.05, 0) is 18.7 Å². The van der Waals surface area contributed by atoms with Crippen molar-refractivity contribution in [1.29, 1.82) is 0 Å². The van der Waals surface area contributed by atoms with Crippen LogP contribution in [0.5, 0.6) is 0 Å². The van der Waals surface area contributed by atoms with Crippen LogP contribution in [-0.2, 0) is 15.9 Å². The number of ether oxygens (including phenoxy) is 2. The number of para-hydroxylation sites is 1. The van der Waals surface area contributed by atoms with E-state index in [0.717, 1.165) is 23.5 Å². The highest BCUT2D eigenvalue weighted by Gasteiger charge is 2.12. The number of hydrogen-bond donors (Lipinski definition) is 1. The van der Waals surface area contributed by atoms with Crippen molar-refractivity contribution in [2.75, 3.05) is 33.5 Å². The molecule has 110 valence electrons. The van der Waals surface area contributed by atoms with E-state index in [-0.39, 0.29) is 0 Å². The molecule has 4 nitrogen and oxygen atoms in total. The summed E-state index contributed by atoms with van der Waals surface area (Å²) in [6, 6.07) is 8.57. The van der Waals surface area contributed by atoms with E-state index in [1.165, 1.54) is 4.70 Å². The molecule has 2 aromatic rings. The van der Waals surface area contributed by atoms with Gasteiger partial charge in [-0.25, -0.2) is 4.98 Å². The zero-order valence-electron chi connectivity index (χ0n) is 12.1. The topological polar surface area (TPSA) is 43.4 Å². The Morgan fingerprint density at radius 1 is 1.30 bits per heavy atom. The second-order valence-corrected chi connectivity index (χ2v) is 5.72. The first-order chi connectivity index (χ1) is 9.83. The molecule has 0 amide bonds. The van der Waals surface area contributed by atoms with Gasteiger partial charge in [-0.3, -0.25) is 0 Å². The predicted molar refractivity (Wildman–Crippen MR) is 83.5 cm³/mol. The SMILES string of the molecule is CCNC(COCCOC)Cc1nc2ccccc2s1. The summed E-state index contributed by atoms with van der Waals surface area (Å²) >= 11 is 1.76. The van der Waals surface area contributed by atoms with E-state index in [2.05, 4.69) is 35.4 Å². The molecule has 0 saturated carbocycles. The van der Waals surface area contributed by atoms with Gasteiger partial charge in [0.25, 0.3) is 0 Å². The molecular formula is C15H22N2O2S. The maximum Gasteiger partial charge on any atom is 0.0955 e. The maximum atomic E-state index is 5.62. The number of nitrogens with one attached hydrogen (secondary N) is 1. The molecule has 0 aliphatic heterocycles. The Labute approximate surface area is 124 Å². The van der Waals surface area contributed by atoms with Crippen molar-refractivity contribution in [3.05, 3.63) is 29.3 Å². The van der Waals surface area contributed by atoms with Crippen molar-refractivity contribution in [3.8, 4) is 0 Å². The number of fused-ring (bicyclic) bond motifs is 1. The molecular weight excluding hydrogens is 272 g/mol. The van der Waals surface area contributed by atoms with E-state index < -0.39 is 0 Å². The van der Waals surface area contributed by atoms with Gasteiger partial charge >= 0.3 is 0 Å². The van der Waals surface area contributed by atoms with Gasteiger partial charge in [-0.2, -0.15) is 0 Å². The van der Waals surface area contributed by atoms with Crippen LogP contribution in [0.4, 0.5) is 0 Å². The van der Waals surface area contributed by atoms with Crippen LogP contribution in [0, 0.1) is 0 Å². The van der Waals surface area contributed by atoms with Crippen LogP contribution >= 0.6 is 11.3 Å². The fourth-order valence-corrected chi connectivity index (χ4v) is 3.11. The normalized spacial score (nSPS) is 12.9. The van der Waals surface area contributed by atoms with Crippen molar-refractivity contribution in [1.82, 2.24) is 10.3 Å². The second kappa shape index (κ2) is 8.32. The number of likely N-dealkylation sites (N-methyl/N-ethyl adjacent to an activating group) is 1. The minimum Gasteiger partial charge on any atom is -0.382 e. The Bertz CT molecular complexity index is 482. The Morgan fingerprint density at radius 3 is 2.90 bits per heavy atom. The molecule has 20 heavy (non-hydrogen) atoms. The zero-order chi connectivity index (χ0) is 14.2. The highest BCUT2D eigenvalue weighted by atomic mass is 32.1. The van der Waals surface area contributed by atoms with Crippen molar-refractivity contribution >= 4 is 21.6 Å². The van der Waals surface area contributed by atoms with Crippen molar-refractivity contribution in [2.24, 2.45) is 0 Å². The van der Waals surface area contributed by atoms with Crippen LogP contribution in [0.25, 0.3) is 10.2 Å². The number of thiazole rings is 1. The zero-order valence-corrected chi connectivity index (χ0v) is 12.9. The van der Waals surface area contributed by atoms with E-state index in [4.69, 9.17) is 9.47 Å². The number of methoxy groups -OCH3 is 1. The summed E-state index contributed by atoms with van der Waals surface area (Å²) < 4.78 is 11.9. The fourth-order valence-electron chi connectivity index (χ4n) is 2.06. The summed E-state index contributed by atoms with van der Waals surface area (Å²) in [5, 5.41) is 4.61. The van der Waals surface area contributed by atoms with E-state index in [9.17, 15) is 0 Å². The molecule has 1 aromatic carbocycles. The van der Waals surface area contributed by atoms with Crippen LogP contribution in [0.2, 0.25) is 0 Å². The molecule has 1 unspecified atom stereocenters. The molecule has 0 aliphatic carbocycles. The summed E-state index contributed by atoms with van der Waals surface area (Å²) in [6.07, 6.45) is 0.903. The van der Waals surface area contributed by atoms with Crippen LogP contribution in [0.15, 0.2) is 24.3 Å². The summed E-state index contributed by atoms with van der Waals surface area (Å²) in [5.74, 6) is 0. The molecule has 1 aromatic heterocycles. The third kappa shape index (κ3) is 4.52. The molecule has 0 radical (unpaired) electrons. The third-order valence-electron chi connectivity index (χ3n) is 3.00. The average Bonchev–Trinajstić information content (AvgIpc) is 2.86. The highest BCUT2D eigenvalue weighted by molar-refractivity contribution is 7.18. The molecule has 5 heteroatoms. The minimum atomic E-state index is 0.303. The molecule has 0 aliphatic rings. The maximum absolute atomic E-state index is 5.62. The van der Waals surface area contributed by atoms with E-state index in [1.807, 2.05) is 6.07 Å². The minimum absolute atomic E-state index is 0.303. The Morgan fingerprint density at radius 2 is 2.15 bits per heavy atom. The van der Waals surface area contributed by atoms with Gasteiger partial charge in [-0.15, -0.1) is 11.3 Å². The van der Waals surface area contributed by atoms with E-state index in [0.29, 0.717) is 25.9 Å². The summed E-state index contributed by atoms with van der Waals surface area (Å²) in [4.78, 5) is 4.68. The average molecular weight is 294 g/mol. The quantitative estimate of drug-likeness (QED) is 0.722. The lowest BCUT2D eigenvalue weighted by molar-refractivity contribution is 0.0589. The van der Waals surface area contributed by atoms with Crippen molar-refractivity contribution in [2.45, 2.75) is 19.4 Å². The van der Waals surface area contributed by atoms with Gasteiger partial charge in [0.2, 0.25) is 0 Å². The monoisotopic (exact) mass is 294 g/mol. The Balaban J connectivity index is 1.92. The number of rotatable bonds is 9. The number of aromatic nitrogens is 1. The largest absolute Gasteiger partial charge is 0.382 e. The molecule has 2 rings (SSSR count). The Hall–Kier alpha value is -1.01. The number of nitrogens with zero attached hydrogens (tertiary/aromatic N) is 1. The van der Waals surface area contributed by atoms with Gasteiger partial charge in [0.05, 0.1) is 35.0 Å². The van der Waals surface area contributed by atoms with Gasteiger partial charge in [0.15, 0.2) is 0 Å². The molecule has 0 fully saturated rings. The lowest BCUT2D eigenvalue weighted by Crippen LogP contribution is -2.35. The standard InChI is InChI=1S/C15H22N2O2S/c1-3-16-12(11-19-9-8-18-2)10-15-17-13-6-4-5-7-14(13)20-15/h4-7,12,16H,3,8-11H2,1-2H3. The van der Waals surface area contributed by atoms with E-state index >= 15 is 0 Å². The summed E-state index contributed by atoms with van der Waals surface area (Å²) in [6.45, 7) is 5.01. The second-order valence-electron chi connectivity index (χ2n) is 4.60. The van der Waals surface area contributed by atoms with Crippen LogP contribution < -0.4 is 5.32 Å². The number of hydrogen-bond acceptors (Lipinski definition) is 5. The molecule has 0 bridgehead atoms. The highest BCUT2D eigenvalue weighted by Crippen LogP contribution is 2.22. The van der Waals surface area contributed by atoms with Crippen molar-refractivity contribution in [3.63, 3.8) is 0 Å². The molecule has 1 heterocycles. The first-order valence-corrected chi connectivity index (χ1v) is 7.79. The van der Waals surface area contributed by atoms with Gasteiger partial charge < -0.3 is 14.8 Å². The molecule has 0 saturated heterocycles. The van der Waals surface area contributed by atoms with Crippen LogP contribution in [-0.4, -0.2) is 44.5 Å². The fraction of sp³-hybridized carbons (Fsp3) is 0.533. The van der Waals surface area contributed by atoms with Crippen LogP contribution in [0.3, 0.4) is 0 Å². The van der Waals surface area contributed by atoms with Crippen LogP contribution in [0.1, 0.15) is 11.9 Å². The van der Waals surface area contributed by atoms with Gasteiger partial charge in [0.1, 0.15) is 0 Å². The lowest BCUT2D eigenvalue weighted by Gasteiger charge is -2.16. The molecule has 1 atom stereocenters. The van der Waals surface area contributed by atoms with Gasteiger partial charge in [-0.1, -0.05) is 19.1 Å². The Kier molecular flexibility index (Phi) is 6.39. The number of benzene rings is 1. The van der Waals surface area contributed by atoms with Crippen molar-refractivity contribution < 1.29 is 9.47 Å². The smallest absolute Gasteiger partial charge is 0.0955 e. The third-order valence-corrected chi connectivity index (χ3v) is 4.06.